The van der Waals surface area contributed by atoms with Crippen molar-refractivity contribution in [3.05, 3.63) is 182 Å². The predicted molar refractivity (Wildman–Crippen MR) is 332 cm³/mol. The van der Waals surface area contributed by atoms with Gasteiger partial charge in [-0.15, -0.1) is 22.7 Å². The van der Waals surface area contributed by atoms with Gasteiger partial charge in [0.2, 0.25) is 6.71 Å². The van der Waals surface area contributed by atoms with Crippen LogP contribution in [0.3, 0.4) is 0 Å². The Labute approximate surface area is 458 Å². The molecule has 0 radical (unpaired) electrons. The highest BCUT2D eigenvalue weighted by Gasteiger charge is 2.44. The summed E-state index contributed by atoms with van der Waals surface area (Å²) >= 11 is 5.80. The fourth-order valence-electron chi connectivity index (χ4n) is 14.9. The molecule has 0 atom stereocenters. The number of anilines is 2. The van der Waals surface area contributed by atoms with E-state index in [0.29, 0.717) is 11.5 Å². The van der Waals surface area contributed by atoms with Crippen molar-refractivity contribution in [2.24, 2.45) is 23.2 Å². The van der Waals surface area contributed by atoms with Crippen LogP contribution < -0.4 is 21.3 Å². The largest absolute Gasteiger partial charge is 0.339 e. The minimum Gasteiger partial charge on any atom is -0.339 e. The van der Waals surface area contributed by atoms with Gasteiger partial charge in [0, 0.05) is 84.0 Å². The summed E-state index contributed by atoms with van der Waals surface area (Å²) in [6.45, 7) is 7.50. The second-order valence-electron chi connectivity index (χ2n) is 23.8. The van der Waals surface area contributed by atoms with Crippen LogP contribution in [-0.4, -0.2) is 17.3 Å². The van der Waals surface area contributed by atoms with Gasteiger partial charge in [0.05, 0.1) is 11.0 Å². The fourth-order valence-corrected chi connectivity index (χ4v) is 18.3. The lowest BCUT2D eigenvalue weighted by atomic mass is 9.34. The SMILES string of the molecule is CC(C)(C)C1CCC(C2CCC(N3c4cc(-c5ccc6sc7ccccc7c6c5)ccc4B4c5ccc(-c6ccc7sc8ccccc8c7c6)cc5Sc5cc(-n6c7ccccc7c7ccccc76)cc3c54)CC2)CC1. The Balaban J connectivity index is 0.882. The van der Waals surface area contributed by atoms with E-state index in [9.17, 15) is 0 Å². The lowest BCUT2D eigenvalue weighted by molar-refractivity contribution is 0.107. The number of para-hydroxylation sites is 2. The Morgan fingerprint density at radius 3 is 1.53 bits per heavy atom. The molecule has 2 nitrogen and oxygen atoms in total. The Morgan fingerprint density at radius 2 is 0.921 bits per heavy atom. The zero-order valence-corrected chi connectivity index (χ0v) is 45.9. The van der Waals surface area contributed by atoms with Crippen molar-refractivity contribution in [2.75, 3.05) is 4.90 Å². The molecule has 2 saturated carbocycles. The van der Waals surface area contributed by atoms with Crippen LogP contribution in [0.5, 0.6) is 0 Å². The summed E-state index contributed by atoms with van der Waals surface area (Å²) in [6, 6.07) is 70.9. The summed E-state index contributed by atoms with van der Waals surface area (Å²) in [4.78, 5) is 5.63. The summed E-state index contributed by atoms with van der Waals surface area (Å²) in [5, 5.41) is 8.01. The zero-order chi connectivity index (χ0) is 50.4. The van der Waals surface area contributed by atoms with Gasteiger partial charge < -0.3 is 9.47 Å². The van der Waals surface area contributed by atoms with E-state index in [2.05, 4.69) is 212 Å². The lowest BCUT2D eigenvalue weighted by Gasteiger charge is -2.47. The molecule has 0 N–H and O–H groups in total. The molecule has 0 amide bonds. The molecule has 0 spiro atoms. The monoisotopic (exact) mass is 1030 g/mol. The average molecular weight is 1040 g/mol. The van der Waals surface area contributed by atoms with Gasteiger partial charge in [0.15, 0.2) is 0 Å². The average Bonchev–Trinajstić information content (AvgIpc) is 4.19. The number of aromatic nitrogens is 1. The van der Waals surface area contributed by atoms with E-state index in [1.165, 1.54) is 179 Å². The quantitative estimate of drug-likeness (QED) is 0.159. The first-order valence-electron chi connectivity index (χ1n) is 28.0. The first-order chi connectivity index (χ1) is 37.3. The molecule has 0 saturated heterocycles. The number of fused-ring (bicyclic) bond motifs is 13. The smallest absolute Gasteiger partial charge is 0.249 e. The van der Waals surface area contributed by atoms with E-state index in [-0.39, 0.29) is 6.71 Å². The molecule has 4 aliphatic rings. The molecule has 9 aromatic carbocycles. The number of hydrogen-bond donors (Lipinski definition) is 0. The van der Waals surface area contributed by atoms with Crippen LogP contribution in [0.2, 0.25) is 0 Å². The Bertz CT molecular complexity index is 4270. The third kappa shape index (κ3) is 7.19. The van der Waals surface area contributed by atoms with Gasteiger partial charge in [0.1, 0.15) is 0 Å². The van der Waals surface area contributed by atoms with Crippen molar-refractivity contribution in [1.29, 1.82) is 0 Å². The van der Waals surface area contributed by atoms with Crippen LogP contribution in [0, 0.1) is 23.2 Å². The molecule has 0 unspecified atom stereocenters. The molecular formula is C70H59BN2S3. The van der Waals surface area contributed by atoms with Crippen LogP contribution in [0.15, 0.2) is 192 Å². The summed E-state index contributed by atoms with van der Waals surface area (Å²) < 4.78 is 7.97. The van der Waals surface area contributed by atoms with E-state index < -0.39 is 0 Å². The van der Waals surface area contributed by atoms with Crippen molar-refractivity contribution >= 4 is 131 Å². The van der Waals surface area contributed by atoms with E-state index in [1.54, 1.807) is 0 Å². The number of nitrogens with zero attached hydrogens (tertiary/aromatic N) is 2. The maximum Gasteiger partial charge on any atom is 0.249 e. The van der Waals surface area contributed by atoms with Crippen molar-refractivity contribution in [2.45, 2.75) is 88.0 Å². The topological polar surface area (TPSA) is 8.17 Å². The van der Waals surface area contributed by atoms with Gasteiger partial charge in [0.25, 0.3) is 0 Å². The maximum atomic E-state index is 2.90. The molecule has 370 valence electrons. The van der Waals surface area contributed by atoms with Crippen molar-refractivity contribution < 1.29 is 0 Å². The number of rotatable bonds is 5. The summed E-state index contributed by atoms with van der Waals surface area (Å²) in [7, 11) is 0. The highest BCUT2D eigenvalue weighted by Crippen LogP contribution is 2.50. The summed E-state index contributed by atoms with van der Waals surface area (Å²) in [6.07, 6.45) is 10.7. The van der Waals surface area contributed by atoms with E-state index in [1.807, 2.05) is 34.4 Å². The molecule has 2 aliphatic heterocycles. The molecule has 2 fully saturated rings. The first kappa shape index (κ1) is 45.6. The van der Waals surface area contributed by atoms with Gasteiger partial charge in [-0.2, -0.15) is 0 Å². The maximum absolute atomic E-state index is 2.90. The number of benzene rings is 9. The van der Waals surface area contributed by atoms with Gasteiger partial charge >= 0.3 is 0 Å². The van der Waals surface area contributed by atoms with Crippen LogP contribution in [0.25, 0.3) is 90.1 Å². The highest BCUT2D eigenvalue weighted by atomic mass is 32.2. The zero-order valence-electron chi connectivity index (χ0n) is 43.5. The third-order valence-corrected chi connectivity index (χ3v) is 22.3. The van der Waals surface area contributed by atoms with Crippen LogP contribution in [-0.2, 0) is 0 Å². The minimum absolute atomic E-state index is 0.101. The molecule has 12 aromatic rings. The molecule has 0 bridgehead atoms. The van der Waals surface area contributed by atoms with Crippen LogP contribution in [0.4, 0.5) is 11.4 Å². The van der Waals surface area contributed by atoms with Crippen LogP contribution >= 0.6 is 34.4 Å². The molecule has 5 heterocycles. The second kappa shape index (κ2) is 17.5. The third-order valence-electron chi connectivity index (χ3n) is 18.8. The molecular weight excluding hydrogens is 976 g/mol. The minimum atomic E-state index is 0.101. The standard InChI is InChI=1S/C70H59BN2S3/c1-70(2,3)48-28-20-42(21-29-48)43-22-30-49(31-23-43)72-61-38-46(44-26-34-65-55(36-44)53-14-6-10-18-63(53)74-65)24-32-57(61)71-58-33-25-47(45-27-35-66-56(37-45)54-15-7-11-19-64(54)75-66)39-67(58)76-68-41-50(40-62(72)69(68)71)73-59-16-8-4-12-51(59)52-13-5-9-17-60(52)73/h4-19,24-27,32-43,48-49H,20-23,28-31H2,1-3H3. The Hall–Kier alpha value is -6.57. The first-order valence-corrected chi connectivity index (χ1v) is 30.5. The van der Waals surface area contributed by atoms with Crippen molar-refractivity contribution in [3.63, 3.8) is 0 Å². The van der Waals surface area contributed by atoms with Crippen molar-refractivity contribution in [3.8, 4) is 27.9 Å². The van der Waals surface area contributed by atoms with E-state index in [0.717, 1.165) is 17.8 Å². The molecule has 6 heteroatoms. The summed E-state index contributed by atoms with van der Waals surface area (Å²) in [5.74, 6) is 2.54. The van der Waals surface area contributed by atoms with Crippen molar-refractivity contribution in [1.82, 2.24) is 4.57 Å². The van der Waals surface area contributed by atoms with Crippen LogP contribution in [0.1, 0.15) is 72.1 Å². The number of thiophene rings is 2. The normalized spacial score (nSPS) is 19.5. The Morgan fingerprint density at radius 1 is 0.421 bits per heavy atom. The van der Waals surface area contributed by atoms with E-state index >= 15 is 0 Å². The molecule has 3 aromatic heterocycles. The Kier molecular flexibility index (Phi) is 10.5. The summed E-state index contributed by atoms with van der Waals surface area (Å²) in [5.41, 5.74) is 16.4. The lowest BCUT2D eigenvalue weighted by Crippen LogP contribution is -2.61. The highest BCUT2D eigenvalue weighted by molar-refractivity contribution is 8.00. The number of hydrogen-bond acceptors (Lipinski definition) is 4. The fraction of sp³-hybridized carbons (Fsp3) is 0.229. The van der Waals surface area contributed by atoms with Gasteiger partial charge in [-0.25, -0.2) is 0 Å². The predicted octanol–water partition coefficient (Wildman–Crippen LogP) is 18.7. The molecule has 16 rings (SSSR count). The van der Waals surface area contributed by atoms with E-state index in [4.69, 9.17) is 0 Å². The van der Waals surface area contributed by atoms with Gasteiger partial charge in [-0.05, 0) is 181 Å². The second-order valence-corrected chi connectivity index (χ2v) is 27.1. The molecule has 76 heavy (non-hydrogen) atoms. The van der Waals surface area contributed by atoms with Gasteiger partial charge in [-0.1, -0.05) is 147 Å². The van der Waals surface area contributed by atoms with Gasteiger partial charge in [-0.3, -0.25) is 0 Å². The molecule has 2 aliphatic carbocycles.